The predicted molar refractivity (Wildman–Crippen MR) is 57.1 cm³/mol. The van der Waals surface area contributed by atoms with Crippen molar-refractivity contribution in [1.29, 1.82) is 0 Å². The summed E-state index contributed by atoms with van der Waals surface area (Å²) in [6, 6.07) is -0.825. The fourth-order valence-electron chi connectivity index (χ4n) is 1.77. The van der Waals surface area contributed by atoms with Gasteiger partial charge >= 0.3 is 0 Å². The first-order chi connectivity index (χ1) is 7.11. The maximum Gasteiger partial charge on any atom is 0.242 e. The van der Waals surface area contributed by atoms with Gasteiger partial charge < -0.3 is 16.0 Å². The minimum atomic E-state index is -0.482. The van der Waals surface area contributed by atoms with Crippen molar-refractivity contribution < 1.29 is 9.59 Å². The molecule has 1 heterocycles. The van der Waals surface area contributed by atoms with E-state index in [2.05, 4.69) is 5.32 Å². The van der Waals surface area contributed by atoms with Gasteiger partial charge in [-0.25, -0.2) is 0 Å². The van der Waals surface area contributed by atoms with Crippen LogP contribution in [0.15, 0.2) is 0 Å². The molecular weight excluding hydrogens is 194 g/mol. The van der Waals surface area contributed by atoms with E-state index in [1.54, 1.807) is 4.90 Å². The highest BCUT2D eigenvalue weighted by atomic mass is 16.2. The second-order valence-corrected chi connectivity index (χ2v) is 3.76. The van der Waals surface area contributed by atoms with E-state index in [4.69, 9.17) is 5.73 Å². The van der Waals surface area contributed by atoms with Gasteiger partial charge in [-0.1, -0.05) is 13.8 Å². The summed E-state index contributed by atoms with van der Waals surface area (Å²) in [4.78, 5) is 25.0. The fraction of sp³-hybridized carbons (Fsp3) is 0.800. The zero-order valence-electron chi connectivity index (χ0n) is 9.32. The van der Waals surface area contributed by atoms with Crippen LogP contribution in [-0.2, 0) is 9.59 Å². The Labute approximate surface area is 90.0 Å². The van der Waals surface area contributed by atoms with Crippen LogP contribution < -0.4 is 11.1 Å². The lowest BCUT2D eigenvalue weighted by molar-refractivity contribution is -0.144. The summed E-state index contributed by atoms with van der Waals surface area (Å²) in [6.45, 7) is 4.86. The van der Waals surface area contributed by atoms with E-state index < -0.39 is 6.04 Å². The number of hydrogen-bond acceptors (Lipinski definition) is 3. The third-order valence-electron chi connectivity index (χ3n) is 2.76. The summed E-state index contributed by atoms with van der Waals surface area (Å²) < 4.78 is 0. The van der Waals surface area contributed by atoms with E-state index in [-0.39, 0.29) is 17.9 Å². The molecule has 1 saturated heterocycles. The molecule has 2 atom stereocenters. The molecule has 1 aliphatic heterocycles. The van der Waals surface area contributed by atoms with Crippen LogP contribution in [0, 0.1) is 0 Å². The smallest absolute Gasteiger partial charge is 0.242 e. The van der Waals surface area contributed by atoms with E-state index in [9.17, 15) is 9.59 Å². The van der Waals surface area contributed by atoms with Crippen molar-refractivity contribution in [2.24, 2.45) is 5.73 Å². The molecule has 5 nitrogen and oxygen atoms in total. The number of amides is 2. The van der Waals surface area contributed by atoms with Gasteiger partial charge in [0.2, 0.25) is 11.8 Å². The van der Waals surface area contributed by atoms with Crippen molar-refractivity contribution in [3.63, 3.8) is 0 Å². The second-order valence-electron chi connectivity index (χ2n) is 3.76. The lowest BCUT2D eigenvalue weighted by atomic mass is 10.1. The molecule has 15 heavy (non-hydrogen) atoms. The van der Waals surface area contributed by atoms with Crippen LogP contribution in [0.2, 0.25) is 0 Å². The lowest BCUT2D eigenvalue weighted by Crippen LogP contribution is -2.59. The van der Waals surface area contributed by atoms with E-state index in [1.807, 2.05) is 13.8 Å². The number of nitrogens with zero attached hydrogens (tertiary/aromatic N) is 1. The van der Waals surface area contributed by atoms with Crippen LogP contribution in [0.4, 0.5) is 0 Å². The third-order valence-corrected chi connectivity index (χ3v) is 2.76. The van der Waals surface area contributed by atoms with Crippen LogP contribution in [0.1, 0.15) is 26.7 Å². The summed E-state index contributed by atoms with van der Waals surface area (Å²) in [5.41, 5.74) is 5.69. The average molecular weight is 213 g/mol. The van der Waals surface area contributed by atoms with E-state index in [1.165, 1.54) is 0 Å². The quantitative estimate of drug-likeness (QED) is 0.661. The zero-order valence-corrected chi connectivity index (χ0v) is 9.32. The first kappa shape index (κ1) is 12.0. The van der Waals surface area contributed by atoms with E-state index in [0.717, 1.165) is 0 Å². The van der Waals surface area contributed by atoms with Crippen molar-refractivity contribution in [3.05, 3.63) is 0 Å². The molecule has 0 aliphatic carbocycles. The number of piperazine rings is 1. The summed E-state index contributed by atoms with van der Waals surface area (Å²) >= 11 is 0. The third kappa shape index (κ3) is 2.47. The first-order valence-electron chi connectivity index (χ1n) is 5.45. The van der Waals surface area contributed by atoms with Crippen LogP contribution >= 0.6 is 0 Å². The van der Waals surface area contributed by atoms with Crippen molar-refractivity contribution in [2.75, 3.05) is 13.1 Å². The molecule has 0 bridgehead atoms. The minimum absolute atomic E-state index is 0.0691. The Kier molecular flexibility index (Phi) is 4.08. The van der Waals surface area contributed by atoms with E-state index >= 15 is 0 Å². The molecular formula is C10H19N3O2. The summed E-state index contributed by atoms with van der Waals surface area (Å²) in [6.07, 6.45) is 1.24. The molecule has 86 valence electrons. The standard InChI is InChI=1S/C10H19N3O2/c1-3-7(11)10(15)13-6-5-12-9(14)8(13)4-2/h7-8H,3-6,11H2,1-2H3,(H,12,14)/t7-,8?/m0/s1. The Morgan fingerprint density at radius 2 is 2.33 bits per heavy atom. The molecule has 0 aromatic rings. The van der Waals surface area contributed by atoms with Crippen molar-refractivity contribution in [2.45, 2.75) is 38.8 Å². The maximum absolute atomic E-state index is 11.9. The zero-order chi connectivity index (χ0) is 11.4. The first-order valence-corrected chi connectivity index (χ1v) is 5.45. The van der Waals surface area contributed by atoms with Crippen LogP contribution in [0.3, 0.4) is 0 Å². The van der Waals surface area contributed by atoms with E-state index in [0.29, 0.717) is 25.9 Å². The number of nitrogens with one attached hydrogen (secondary N) is 1. The summed E-state index contributed by atoms with van der Waals surface area (Å²) in [7, 11) is 0. The monoisotopic (exact) mass is 213 g/mol. The van der Waals surface area contributed by atoms with Crippen molar-refractivity contribution >= 4 is 11.8 Å². The van der Waals surface area contributed by atoms with Gasteiger partial charge in [0.05, 0.1) is 6.04 Å². The molecule has 5 heteroatoms. The lowest BCUT2D eigenvalue weighted by Gasteiger charge is -2.35. The Morgan fingerprint density at radius 1 is 1.67 bits per heavy atom. The van der Waals surface area contributed by atoms with Crippen molar-refractivity contribution in [3.8, 4) is 0 Å². The molecule has 0 spiro atoms. The van der Waals surface area contributed by atoms with Gasteiger partial charge in [0, 0.05) is 13.1 Å². The summed E-state index contributed by atoms with van der Waals surface area (Å²) in [5, 5.41) is 2.75. The van der Waals surface area contributed by atoms with Crippen LogP contribution in [0.5, 0.6) is 0 Å². The number of rotatable bonds is 3. The fourth-order valence-corrected chi connectivity index (χ4v) is 1.77. The molecule has 1 rings (SSSR count). The number of carbonyl (C=O) groups is 2. The predicted octanol–water partition coefficient (Wildman–Crippen LogP) is -0.539. The van der Waals surface area contributed by atoms with Gasteiger partial charge in [0.25, 0.3) is 0 Å². The summed E-state index contributed by atoms with van der Waals surface area (Å²) in [5.74, 6) is -0.181. The Balaban J connectivity index is 2.73. The highest BCUT2D eigenvalue weighted by Crippen LogP contribution is 2.10. The molecule has 2 amide bonds. The van der Waals surface area contributed by atoms with Crippen molar-refractivity contribution in [1.82, 2.24) is 10.2 Å². The largest absolute Gasteiger partial charge is 0.353 e. The van der Waals surface area contributed by atoms with Gasteiger partial charge in [0.1, 0.15) is 6.04 Å². The molecule has 0 aromatic carbocycles. The molecule has 0 radical (unpaired) electrons. The molecule has 0 aromatic heterocycles. The number of nitrogens with two attached hydrogens (primary N) is 1. The Morgan fingerprint density at radius 3 is 2.87 bits per heavy atom. The SMILES string of the molecule is CCC1C(=O)NCCN1C(=O)[C@@H](N)CC. The minimum Gasteiger partial charge on any atom is -0.353 e. The molecule has 0 saturated carbocycles. The highest BCUT2D eigenvalue weighted by Gasteiger charge is 2.33. The molecule has 1 fully saturated rings. The average Bonchev–Trinajstić information content (AvgIpc) is 2.26. The highest BCUT2D eigenvalue weighted by molar-refractivity contribution is 5.90. The van der Waals surface area contributed by atoms with Crippen LogP contribution in [-0.4, -0.2) is 41.9 Å². The van der Waals surface area contributed by atoms with Gasteiger partial charge in [-0.15, -0.1) is 0 Å². The van der Waals surface area contributed by atoms with Gasteiger partial charge in [-0.05, 0) is 12.8 Å². The van der Waals surface area contributed by atoms with Gasteiger partial charge in [0.15, 0.2) is 0 Å². The van der Waals surface area contributed by atoms with Crippen LogP contribution in [0.25, 0.3) is 0 Å². The van der Waals surface area contributed by atoms with Gasteiger partial charge in [-0.3, -0.25) is 9.59 Å². The topological polar surface area (TPSA) is 75.4 Å². The van der Waals surface area contributed by atoms with Gasteiger partial charge in [-0.2, -0.15) is 0 Å². The normalized spacial score (nSPS) is 23.5. The number of carbonyl (C=O) groups excluding carboxylic acids is 2. The maximum atomic E-state index is 11.9. The Hall–Kier alpha value is -1.10. The molecule has 1 aliphatic rings. The number of hydrogen-bond donors (Lipinski definition) is 2. The Bertz CT molecular complexity index is 255. The molecule has 1 unspecified atom stereocenters. The second kappa shape index (κ2) is 5.11. The molecule has 3 N–H and O–H groups in total.